The molecule has 4 heteroatoms. The number of halogens is 2. The summed E-state index contributed by atoms with van der Waals surface area (Å²) in [6.45, 7) is 0.686. The van der Waals surface area contributed by atoms with Crippen LogP contribution in [-0.4, -0.2) is 11.7 Å². The molecule has 1 aromatic carbocycles. The molecule has 0 aliphatic carbocycles. The van der Waals surface area contributed by atoms with Gasteiger partial charge < -0.3 is 9.52 Å². The Balaban J connectivity index is 2.33. The van der Waals surface area contributed by atoms with Crippen molar-refractivity contribution >= 4 is 0 Å². The summed E-state index contributed by atoms with van der Waals surface area (Å²) in [5, 5.41) is 8.55. The van der Waals surface area contributed by atoms with Crippen LogP contribution >= 0.6 is 0 Å². The van der Waals surface area contributed by atoms with Gasteiger partial charge >= 0.3 is 5.92 Å². The molecule has 17 heavy (non-hydrogen) atoms. The van der Waals surface area contributed by atoms with E-state index in [0.717, 1.165) is 11.1 Å². The van der Waals surface area contributed by atoms with Gasteiger partial charge in [-0.3, -0.25) is 0 Å². The van der Waals surface area contributed by atoms with Gasteiger partial charge in [0, 0.05) is 5.56 Å². The van der Waals surface area contributed by atoms with E-state index >= 15 is 0 Å². The third kappa shape index (κ3) is 2.36. The second kappa shape index (κ2) is 4.30. The Labute approximate surface area is 97.5 Å². The molecule has 0 spiro atoms. The predicted molar refractivity (Wildman–Crippen MR) is 59.9 cm³/mol. The molecule has 1 heterocycles. The summed E-state index contributed by atoms with van der Waals surface area (Å²) in [5.41, 5.74) is 1.82. The van der Waals surface area contributed by atoms with Gasteiger partial charge in [0.15, 0.2) is 5.76 Å². The molecule has 0 bridgehead atoms. The number of hydrogen-bond donors (Lipinski definition) is 1. The van der Waals surface area contributed by atoms with Crippen LogP contribution in [-0.2, 0) is 5.92 Å². The smallest absolute Gasteiger partial charge is 0.327 e. The van der Waals surface area contributed by atoms with Crippen molar-refractivity contribution in [3.8, 4) is 11.3 Å². The van der Waals surface area contributed by atoms with Crippen LogP contribution in [0.1, 0.15) is 11.3 Å². The zero-order valence-electron chi connectivity index (χ0n) is 9.28. The quantitative estimate of drug-likeness (QED) is 0.889. The van der Waals surface area contributed by atoms with Crippen molar-refractivity contribution in [3.05, 3.63) is 47.7 Å². The molecule has 0 saturated carbocycles. The van der Waals surface area contributed by atoms with Gasteiger partial charge in [0.05, 0.1) is 0 Å². The molecule has 1 N–H and O–H groups in total. The maximum absolute atomic E-state index is 13.1. The number of hydrogen-bond acceptors (Lipinski definition) is 2. The topological polar surface area (TPSA) is 33.4 Å². The second-order valence-corrected chi connectivity index (χ2v) is 3.89. The minimum absolute atomic E-state index is 0.369. The van der Waals surface area contributed by atoms with E-state index in [1.807, 2.05) is 19.1 Å². The number of alkyl halides is 2. The van der Waals surface area contributed by atoms with Crippen LogP contribution in [0.2, 0.25) is 0 Å². The van der Waals surface area contributed by atoms with Crippen molar-refractivity contribution in [2.75, 3.05) is 6.61 Å². The number of aryl methyl sites for hydroxylation is 1. The number of aliphatic hydroxyl groups excluding tert-OH is 1. The fourth-order valence-electron chi connectivity index (χ4n) is 1.49. The highest BCUT2D eigenvalue weighted by molar-refractivity contribution is 5.58. The van der Waals surface area contributed by atoms with Gasteiger partial charge in [-0.05, 0) is 19.1 Å². The predicted octanol–water partition coefficient (Wildman–Crippen LogP) is 3.34. The van der Waals surface area contributed by atoms with Crippen molar-refractivity contribution in [1.29, 1.82) is 0 Å². The first-order valence-electron chi connectivity index (χ1n) is 5.19. The van der Waals surface area contributed by atoms with Gasteiger partial charge in [0.2, 0.25) is 0 Å². The summed E-state index contributed by atoms with van der Waals surface area (Å²) >= 11 is 0. The second-order valence-electron chi connectivity index (χ2n) is 3.89. The van der Waals surface area contributed by atoms with Crippen molar-refractivity contribution in [2.24, 2.45) is 0 Å². The highest BCUT2D eigenvalue weighted by Gasteiger charge is 2.34. The first-order chi connectivity index (χ1) is 8.03. The summed E-state index contributed by atoms with van der Waals surface area (Å²) in [6.07, 6.45) is 0. The lowest BCUT2D eigenvalue weighted by Gasteiger charge is -2.09. The maximum Gasteiger partial charge on any atom is 0.327 e. The normalized spacial score (nSPS) is 11.8. The van der Waals surface area contributed by atoms with Crippen molar-refractivity contribution in [2.45, 2.75) is 12.8 Å². The Morgan fingerprint density at radius 1 is 1.12 bits per heavy atom. The van der Waals surface area contributed by atoms with Crippen LogP contribution in [0.3, 0.4) is 0 Å². The van der Waals surface area contributed by atoms with E-state index in [-0.39, 0.29) is 0 Å². The Bertz CT molecular complexity index is 500. The van der Waals surface area contributed by atoms with Gasteiger partial charge in [0.25, 0.3) is 0 Å². The first-order valence-corrected chi connectivity index (χ1v) is 5.19. The van der Waals surface area contributed by atoms with E-state index in [1.165, 1.54) is 12.1 Å². The van der Waals surface area contributed by atoms with Crippen LogP contribution in [0, 0.1) is 6.92 Å². The maximum atomic E-state index is 13.1. The number of furan rings is 1. The van der Waals surface area contributed by atoms with Crippen LogP contribution in [0.5, 0.6) is 0 Å². The lowest BCUT2D eigenvalue weighted by Crippen LogP contribution is -2.17. The average molecular weight is 238 g/mol. The molecular formula is C13H12F2O2. The molecule has 0 unspecified atom stereocenters. The molecule has 1 aromatic heterocycles. The average Bonchev–Trinajstić information content (AvgIpc) is 2.80. The summed E-state index contributed by atoms with van der Waals surface area (Å²) < 4.78 is 31.3. The van der Waals surface area contributed by atoms with Gasteiger partial charge in [0.1, 0.15) is 12.4 Å². The molecule has 0 aliphatic rings. The van der Waals surface area contributed by atoms with E-state index in [0.29, 0.717) is 5.76 Å². The van der Waals surface area contributed by atoms with E-state index < -0.39 is 18.3 Å². The molecule has 0 radical (unpaired) electrons. The highest BCUT2D eigenvalue weighted by atomic mass is 19.3. The zero-order chi connectivity index (χ0) is 12.5. The standard InChI is InChI=1S/C13H12F2O2/c1-9-2-4-10(5-3-9)11-6-7-12(17-11)13(14,15)8-16/h2-7,16H,8H2,1H3. The Kier molecular flexibility index (Phi) is 2.98. The molecule has 0 fully saturated rings. The monoisotopic (exact) mass is 238 g/mol. The Hall–Kier alpha value is -1.68. The lowest BCUT2D eigenvalue weighted by atomic mass is 10.1. The molecule has 0 amide bonds. The number of rotatable bonds is 3. The highest BCUT2D eigenvalue weighted by Crippen LogP contribution is 2.32. The minimum Gasteiger partial charge on any atom is -0.455 e. The van der Waals surface area contributed by atoms with Crippen LogP contribution in [0.25, 0.3) is 11.3 Å². The van der Waals surface area contributed by atoms with Gasteiger partial charge in [-0.1, -0.05) is 29.8 Å². The number of benzene rings is 1. The minimum atomic E-state index is -3.33. The molecule has 2 rings (SSSR count). The van der Waals surface area contributed by atoms with Crippen LogP contribution in [0.15, 0.2) is 40.8 Å². The van der Waals surface area contributed by atoms with Crippen molar-refractivity contribution in [1.82, 2.24) is 0 Å². The zero-order valence-corrected chi connectivity index (χ0v) is 9.28. The summed E-state index contributed by atoms with van der Waals surface area (Å²) in [5.74, 6) is -3.48. The largest absolute Gasteiger partial charge is 0.455 e. The molecule has 2 aromatic rings. The molecular weight excluding hydrogens is 226 g/mol. The fourth-order valence-corrected chi connectivity index (χ4v) is 1.49. The van der Waals surface area contributed by atoms with E-state index in [2.05, 4.69) is 0 Å². The Morgan fingerprint density at radius 2 is 1.76 bits per heavy atom. The summed E-state index contributed by atoms with van der Waals surface area (Å²) in [4.78, 5) is 0. The van der Waals surface area contributed by atoms with Crippen molar-refractivity contribution in [3.63, 3.8) is 0 Å². The molecule has 0 saturated heterocycles. The first kappa shape index (κ1) is 11.8. The molecule has 2 nitrogen and oxygen atoms in total. The molecule has 0 atom stereocenters. The SMILES string of the molecule is Cc1ccc(-c2ccc(C(F)(F)CO)o2)cc1. The van der Waals surface area contributed by atoms with E-state index in [9.17, 15) is 8.78 Å². The molecule has 90 valence electrons. The van der Waals surface area contributed by atoms with Gasteiger partial charge in [-0.2, -0.15) is 8.78 Å². The van der Waals surface area contributed by atoms with E-state index in [1.54, 1.807) is 12.1 Å². The van der Waals surface area contributed by atoms with Crippen LogP contribution < -0.4 is 0 Å². The number of aliphatic hydroxyl groups is 1. The fraction of sp³-hybridized carbons (Fsp3) is 0.231. The summed E-state index contributed by atoms with van der Waals surface area (Å²) in [7, 11) is 0. The Morgan fingerprint density at radius 3 is 2.35 bits per heavy atom. The van der Waals surface area contributed by atoms with Gasteiger partial charge in [-0.25, -0.2) is 0 Å². The van der Waals surface area contributed by atoms with Crippen LogP contribution in [0.4, 0.5) is 8.78 Å². The molecule has 0 aliphatic heterocycles. The third-order valence-corrected chi connectivity index (χ3v) is 2.50. The van der Waals surface area contributed by atoms with Crippen molar-refractivity contribution < 1.29 is 18.3 Å². The van der Waals surface area contributed by atoms with E-state index in [4.69, 9.17) is 9.52 Å². The third-order valence-electron chi connectivity index (χ3n) is 2.50. The summed E-state index contributed by atoms with van der Waals surface area (Å²) in [6, 6.07) is 10.0. The lowest BCUT2D eigenvalue weighted by molar-refractivity contribution is -0.0718. The van der Waals surface area contributed by atoms with Gasteiger partial charge in [-0.15, -0.1) is 0 Å².